The van der Waals surface area contributed by atoms with Crippen LogP contribution in [0.2, 0.25) is 0 Å². The van der Waals surface area contributed by atoms with Crippen molar-refractivity contribution in [3.63, 3.8) is 0 Å². The molecule has 1 aliphatic heterocycles. The predicted molar refractivity (Wildman–Crippen MR) is 63.0 cm³/mol. The second-order valence-corrected chi connectivity index (χ2v) is 5.78. The second kappa shape index (κ2) is 4.02. The van der Waals surface area contributed by atoms with E-state index in [9.17, 15) is 4.79 Å². The van der Waals surface area contributed by atoms with Gasteiger partial charge in [0.2, 0.25) is 5.91 Å². The number of hydrogen-bond acceptors (Lipinski definition) is 2. The summed E-state index contributed by atoms with van der Waals surface area (Å²) in [6.07, 6.45) is 5.32. The van der Waals surface area contributed by atoms with Crippen LogP contribution in [0.15, 0.2) is 0 Å². The minimum atomic E-state index is 0.410. The molecule has 0 aromatic heterocycles. The molecule has 3 heteroatoms. The van der Waals surface area contributed by atoms with Gasteiger partial charge in [-0.15, -0.1) is 0 Å². The van der Waals surface area contributed by atoms with Gasteiger partial charge in [-0.25, -0.2) is 0 Å². The zero-order valence-corrected chi connectivity index (χ0v) is 10.1. The first-order valence-corrected chi connectivity index (χ1v) is 6.79. The van der Waals surface area contributed by atoms with E-state index in [0.717, 1.165) is 31.5 Å². The van der Waals surface area contributed by atoms with Gasteiger partial charge in [0, 0.05) is 31.6 Å². The van der Waals surface area contributed by atoms with E-state index in [2.05, 4.69) is 17.1 Å². The molecule has 2 saturated carbocycles. The Morgan fingerprint density at radius 2 is 1.94 bits per heavy atom. The maximum absolute atomic E-state index is 12.4. The minimum absolute atomic E-state index is 0.410. The van der Waals surface area contributed by atoms with Crippen molar-refractivity contribution in [3.8, 4) is 0 Å². The molecule has 3 atom stereocenters. The van der Waals surface area contributed by atoms with Gasteiger partial charge < -0.3 is 10.2 Å². The van der Waals surface area contributed by atoms with E-state index in [4.69, 9.17) is 0 Å². The number of nitrogens with zero attached hydrogens (tertiary/aromatic N) is 1. The summed E-state index contributed by atoms with van der Waals surface area (Å²) < 4.78 is 0. The van der Waals surface area contributed by atoms with Gasteiger partial charge in [-0.1, -0.05) is 12.8 Å². The van der Waals surface area contributed by atoms with Crippen LogP contribution < -0.4 is 5.32 Å². The zero-order valence-electron chi connectivity index (χ0n) is 10.1. The third-order valence-corrected chi connectivity index (χ3v) is 4.62. The molecule has 3 rings (SSSR count). The van der Waals surface area contributed by atoms with E-state index in [1.54, 1.807) is 0 Å². The van der Waals surface area contributed by atoms with Crippen molar-refractivity contribution in [1.82, 2.24) is 10.2 Å². The highest BCUT2D eigenvalue weighted by Gasteiger charge is 2.55. The quantitative estimate of drug-likeness (QED) is 0.724. The van der Waals surface area contributed by atoms with Gasteiger partial charge in [-0.3, -0.25) is 4.79 Å². The fourth-order valence-corrected chi connectivity index (χ4v) is 3.70. The summed E-state index contributed by atoms with van der Waals surface area (Å²) in [5.74, 6) is 2.39. The molecule has 0 aromatic carbocycles. The van der Waals surface area contributed by atoms with Crippen LogP contribution in [0.4, 0.5) is 0 Å². The monoisotopic (exact) mass is 222 g/mol. The molecule has 16 heavy (non-hydrogen) atoms. The summed E-state index contributed by atoms with van der Waals surface area (Å²) >= 11 is 0. The largest absolute Gasteiger partial charge is 0.340 e. The molecule has 1 saturated heterocycles. The van der Waals surface area contributed by atoms with Crippen LogP contribution in [0.5, 0.6) is 0 Å². The van der Waals surface area contributed by atoms with Gasteiger partial charge in [-0.2, -0.15) is 0 Å². The maximum atomic E-state index is 12.4. The van der Waals surface area contributed by atoms with Gasteiger partial charge in [0.1, 0.15) is 0 Å². The first kappa shape index (κ1) is 10.6. The number of rotatable bonds is 1. The Morgan fingerprint density at radius 1 is 1.25 bits per heavy atom. The average Bonchev–Trinajstić information content (AvgIpc) is 3.02. The molecule has 0 aromatic rings. The van der Waals surface area contributed by atoms with E-state index in [0.29, 0.717) is 17.9 Å². The Balaban J connectivity index is 1.61. The highest BCUT2D eigenvalue weighted by atomic mass is 16.2. The fraction of sp³-hybridized carbons (Fsp3) is 0.923. The Bertz CT molecular complexity index is 276. The molecule has 1 heterocycles. The standard InChI is InChI=1S/C13H22N2O/c1-9-8-15(7-6-14-9)13(16)12-10-4-2-3-5-11(10)12/h9-12,14H,2-8H2,1H3/t9-,10?,11?,12?/m0/s1. The van der Waals surface area contributed by atoms with E-state index < -0.39 is 0 Å². The number of carbonyl (C=O) groups is 1. The van der Waals surface area contributed by atoms with Crippen LogP contribution in [-0.2, 0) is 4.79 Å². The fourth-order valence-electron chi connectivity index (χ4n) is 3.70. The van der Waals surface area contributed by atoms with Gasteiger partial charge in [-0.05, 0) is 31.6 Å². The number of carbonyl (C=O) groups excluding carboxylic acids is 1. The van der Waals surface area contributed by atoms with Gasteiger partial charge in [0.25, 0.3) is 0 Å². The molecule has 3 nitrogen and oxygen atoms in total. The third kappa shape index (κ3) is 1.75. The molecule has 3 aliphatic rings. The van der Waals surface area contributed by atoms with Crippen LogP contribution >= 0.6 is 0 Å². The molecule has 90 valence electrons. The molecule has 1 N–H and O–H groups in total. The molecule has 0 spiro atoms. The third-order valence-electron chi connectivity index (χ3n) is 4.62. The summed E-state index contributed by atoms with van der Waals surface area (Å²) in [7, 11) is 0. The van der Waals surface area contributed by atoms with Crippen LogP contribution in [0.25, 0.3) is 0 Å². The highest BCUT2D eigenvalue weighted by Crippen LogP contribution is 2.56. The summed E-state index contributed by atoms with van der Waals surface area (Å²) in [5, 5.41) is 3.39. The van der Waals surface area contributed by atoms with E-state index in [1.165, 1.54) is 25.7 Å². The molecule has 0 radical (unpaired) electrons. The summed E-state index contributed by atoms with van der Waals surface area (Å²) in [6.45, 7) is 4.96. The van der Waals surface area contributed by atoms with Crippen LogP contribution in [0.1, 0.15) is 32.6 Å². The molecule has 3 fully saturated rings. The van der Waals surface area contributed by atoms with Crippen molar-refractivity contribution in [2.45, 2.75) is 38.6 Å². The molecule has 1 amide bonds. The van der Waals surface area contributed by atoms with Crippen molar-refractivity contribution in [2.75, 3.05) is 19.6 Å². The second-order valence-electron chi connectivity index (χ2n) is 5.78. The number of hydrogen-bond donors (Lipinski definition) is 1. The Hall–Kier alpha value is -0.570. The lowest BCUT2D eigenvalue weighted by Crippen LogP contribution is -2.52. The average molecular weight is 222 g/mol. The number of fused-ring (bicyclic) bond motifs is 1. The Morgan fingerprint density at radius 3 is 2.56 bits per heavy atom. The molecule has 0 bridgehead atoms. The molecule has 2 unspecified atom stereocenters. The summed E-state index contributed by atoms with van der Waals surface area (Å²) in [4.78, 5) is 14.5. The van der Waals surface area contributed by atoms with Gasteiger partial charge >= 0.3 is 0 Å². The van der Waals surface area contributed by atoms with Crippen molar-refractivity contribution < 1.29 is 4.79 Å². The van der Waals surface area contributed by atoms with Crippen molar-refractivity contribution >= 4 is 5.91 Å². The first-order chi connectivity index (χ1) is 7.77. The van der Waals surface area contributed by atoms with Crippen molar-refractivity contribution in [3.05, 3.63) is 0 Å². The predicted octanol–water partition coefficient (Wildman–Crippen LogP) is 1.24. The summed E-state index contributed by atoms with van der Waals surface area (Å²) in [5.41, 5.74) is 0. The van der Waals surface area contributed by atoms with E-state index >= 15 is 0 Å². The SMILES string of the molecule is C[C@H]1CN(C(=O)C2C3CCCCC32)CCN1. The zero-order chi connectivity index (χ0) is 11.1. The lowest BCUT2D eigenvalue weighted by Gasteiger charge is -2.32. The van der Waals surface area contributed by atoms with Gasteiger partial charge in [0.15, 0.2) is 0 Å². The van der Waals surface area contributed by atoms with Gasteiger partial charge in [0.05, 0.1) is 0 Å². The van der Waals surface area contributed by atoms with Crippen LogP contribution in [-0.4, -0.2) is 36.5 Å². The molecular weight excluding hydrogens is 200 g/mol. The lowest BCUT2D eigenvalue weighted by atomic mass is 10.0. The first-order valence-electron chi connectivity index (χ1n) is 6.79. The highest BCUT2D eigenvalue weighted by molar-refractivity contribution is 5.82. The normalized spacial score (nSPS) is 42.7. The van der Waals surface area contributed by atoms with Crippen LogP contribution in [0.3, 0.4) is 0 Å². The number of amides is 1. The van der Waals surface area contributed by atoms with E-state index in [-0.39, 0.29) is 0 Å². The lowest BCUT2D eigenvalue weighted by molar-refractivity contribution is -0.134. The Labute approximate surface area is 97.6 Å². The Kier molecular flexibility index (Phi) is 2.66. The summed E-state index contributed by atoms with van der Waals surface area (Å²) in [6, 6.07) is 0.471. The maximum Gasteiger partial charge on any atom is 0.226 e. The van der Waals surface area contributed by atoms with Crippen molar-refractivity contribution in [1.29, 1.82) is 0 Å². The van der Waals surface area contributed by atoms with Crippen LogP contribution in [0, 0.1) is 17.8 Å². The smallest absolute Gasteiger partial charge is 0.226 e. The number of piperazine rings is 1. The molecule has 2 aliphatic carbocycles. The van der Waals surface area contributed by atoms with Crippen molar-refractivity contribution in [2.24, 2.45) is 17.8 Å². The molecular formula is C13H22N2O. The minimum Gasteiger partial charge on any atom is -0.340 e. The van der Waals surface area contributed by atoms with E-state index in [1.807, 2.05) is 0 Å². The topological polar surface area (TPSA) is 32.3 Å². The number of nitrogens with one attached hydrogen (secondary N) is 1.